The lowest BCUT2D eigenvalue weighted by Gasteiger charge is -2.18. The van der Waals surface area contributed by atoms with E-state index in [2.05, 4.69) is 4.98 Å². The minimum Gasteiger partial charge on any atom is -0.396 e. The van der Waals surface area contributed by atoms with Crippen molar-refractivity contribution in [1.82, 2.24) is 9.29 Å². The van der Waals surface area contributed by atoms with Gasteiger partial charge in [0, 0.05) is 31.0 Å². The highest BCUT2D eigenvalue weighted by molar-refractivity contribution is 7.89. The Hall–Kier alpha value is -1.70. The van der Waals surface area contributed by atoms with E-state index in [1.807, 2.05) is 0 Å². The quantitative estimate of drug-likeness (QED) is 0.873. The molecule has 0 unspecified atom stereocenters. The molecular formula is C13H13ClFN3O2S. The molecule has 0 saturated heterocycles. The van der Waals surface area contributed by atoms with Crippen LogP contribution in [0.3, 0.4) is 0 Å². The van der Waals surface area contributed by atoms with Crippen molar-refractivity contribution in [1.29, 1.82) is 0 Å². The van der Waals surface area contributed by atoms with Crippen LogP contribution < -0.4 is 5.73 Å². The number of benzene rings is 1. The largest absolute Gasteiger partial charge is 0.396 e. The summed E-state index contributed by atoms with van der Waals surface area (Å²) in [5.74, 6) is -1.00. The highest BCUT2D eigenvalue weighted by Gasteiger charge is 2.26. The second kappa shape index (κ2) is 5.97. The van der Waals surface area contributed by atoms with Gasteiger partial charge in [-0.2, -0.15) is 4.31 Å². The van der Waals surface area contributed by atoms with Crippen molar-refractivity contribution in [3.63, 3.8) is 0 Å². The molecule has 0 aliphatic carbocycles. The van der Waals surface area contributed by atoms with E-state index in [9.17, 15) is 12.8 Å². The number of anilines is 1. The van der Waals surface area contributed by atoms with Crippen LogP contribution in [0.1, 0.15) is 5.56 Å². The van der Waals surface area contributed by atoms with E-state index < -0.39 is 20.7 Å². The van der Waals surface area contributed by atoms with E-state index >= 15 is 0 Å². The summed E-state index contributed by atoms with van der Waals surface area (Å²) in [7, 11) is -2.70. The fourth-order valence-corrected chi connectivity index (χ4v) is 3.34. The Morgan fingerprint density at radius 1 is 1.43 bits per heavy atom. The first-order chi connectivity index (χ1) is 9.82. The Labute approximate surface area is 127 Å². The number of hydrogen-bond acceptors (Lipinski definition) is 4. The highest BCUT2D eigenvalue weighted by Crippen LogP contribution is 2.27. The monoisotopic (exact) mass is 329 g/mol. The number of nitrogen functional groups attached to an aromatic ring is 1. The average molecular weight is 330 g/mol. The van der Waals surface area contributed by atoms with E-state index in [0.717, 1.165) is 16.4 Å². The third kappa shape index (κ3) is 3.31. The number of nitrogens with zero attached hydrogens (tertiary/aromatic N) is 2. The fraction of sp³-hybridized carbons (Fsp3) is 0.154. The molecule has 21 heavy (non-hydrogen) atoms. The van der Waals surface area contributed by atoms with E-state index in [4.69, 9.17) is 17.3 Å². The zero-order chi connectivity index (χ0) is 15.6. The van der Waals surface area contributed by atoms with Crippen LogP contribution in [0.2, 0.25) is 5.02 Å². The molecular weight excluding hydrogens is 317 g/mol. The van der Waals surface area contributed by atoms with Crippen molar-refractivity contribution in [3.8, 4) is 0 Å². The summed E-state index contributed by atoms with van der Waals surface area (Å²) in [5.41, 5.74) is 5.79. The first kappa shape index (κ1) is 15.7. The van der Waals surface area contributed by atoms with Crippen molar-refractivity contribution in [2.75, 3.05) is 12.8 Å². The van der Waals surface area contributed by atoms with Gasteiger partial charge in [0.15, 0.2) is 5.82 Å². The molecule has 0 spiro atoms. The predicted molar refractivity (Wildman–Crippen MR) is 78.7 cm³/mol. The van der Waals surface area contributed by atoms with Crippen molar-refractivity contribution in [3.05, 3.63) is 53.1 Å². The summed E-state index contributed by atoms with van der Waals surface area (Å²) in [5, 5.41) is 0.0576. The number of sulfonamides is 1. The molecule has 1 heterocycles. The lowest BCUT2D eigenvalue weighted by Crippen LogP contribution is -2.27. The minimum absolute atomic E-state index is 0.0576. The van der Waals surface area contributed by atoms with Gasteiger partial charge < -0.3 is 5.73 Å². The lowest BCUT2D eigenvalue weighted by atomic mass is 10.3. The first-order valence-electron chi connectivity index (χ1n) is 5.92. The van der Waals surface area contributed by atoms with Crippen molar-refractivity contribution in [2.45, 2.75) is 11.4 Å². The molecule has 5 nitrogen and oxygen atoms in total. The van der Waals surface area contributed by atoms with Crippen LogP contribution in [-0.2, 0) is 16.6 Å². The minimum atomic E-state index is -4.05. The molecule has 8 heteroatoms. The maximum Gasteiger partial charge on any atom is 0.246 e. The van der Waals surface area contributed by atoms with Crippen LogP contribution in [0.25, 0.3) is 0 Å². The Balaban J connectivity index is 2.38. The van der Waals surface area contributed by atoms with E-state index in [1.54, 1.807) is 18.3 Å². The van der Waals surface area contributed by atoms with Crippen LogP contribution in [0, 0.1) is 5.82 Å². The van der Waals surface area contributed by atoms with Crippen LogP contribution in [0.4, 0.5) is 10.1 Å². The highest BCUT2D eigenvalue weighted by atomic mass is 35.5. The zero-order valence-electron chi connectivity index (χ0n) is 11.1. The van der Waals surface area contributed by atoms with E-state index in [0.29, 0.717) is 5.56 Å². The maximum atomic E-state index is 14.0. The van der Waals surface area contributed by atoms with Gasteiger partial charge in [-0.3, -0.25) is 4.98 Å². The topological polar surface area (TPSA) is 76.3 Å². The Bertz CT molecular complexity index is 754. The van der Waals surface area contributed by atoms with Gasteiger partial charge in [-0.05, 0) is 23.8 Å². The van der Waals surface area contributed by atoms with Gasteiger partial charge in [-0.15, -0.1) is 0 Å². The molecule has 2 rings (SSSR count). The Morgan fingerprint density at radius 2 is 2.14 bits per heavy atom. The van der Waals surface area contributed by atoms with Crippen LogP contribution in [0.5, 0.6) is 0 Å². The molecule has 0 aliphatic heterocycles. The SMILES string of the molecule is CN(Cc1cccnc1)S(=O)(=O)c1cc(Cl)cc(N)c1F. The van der Waals surface area contributed by atoms with E-state index in [-0.39, 0.29) is 17.3 Å². The van der Waals surface area contributed by atoms with Crippen molar-refractivity contribution >= 4 is 27.3 Å². The van der Waals surface area contributed by atoms with Gasteiger partial charge in [-0.1, -0.05) is 17.7 Å². The molecule has 0 radical (unpaired) electrons. The zero-order valence-corrected chi connectivity index (χ0v) is 12.7. The molecule has 0 fully saturated rings. The molecule has 0 aliphatic rings. The fourth-order valence-electron chi connectivity index (χ4n) is 1.77. The van der Waals surface area contributed by atoms with Gasteiger partial charge in [0.05, 0.1) is 5.69 Å². The van der Waals surface area contributed by atoms with Gasteiger partial charge >= 0.3 is 0 Å². The van der Waals surface area contributed by atoms with Gasteiger partial charge in [0.25, 0.3) is 0 Å². The summed E-state index contributed by atoms with van der Waals surface area (Å²) in [4.78, 5) is 3.36. The summed E-state index contributed by atoms with van der Waals surface area (Å²) < 4.78 is 39.8. The second-order valence-corrected chi connectivity index (χ2v) is 6.88. The normalized spacial score (nSPS) is 11.8. The smallest absolute Gasteiger partial charge is 0.246 e. The van der Waals surface area contributed by atoms with E-state index in [1.165, 1.54) is 13.2 Å². The molecule has 0 bridgehead atoms. The molecule has 0 saturated carbocycles. The number of halogens is 2. The average Bonchev–Trinajstić information content (AvgIpc) is 2.43. The maximum absolute atomic E-state index is 14.0. The van der Waals surface area contributed by atoms with Gasteiger partial charge in [0.1, 0.15) is 4.90 Å². The molecule has 1 aromatic heterocycles. The summed E-state index contributed by atoms with van der Waals surface area (Å²) in [6.07, 6.45) is 3.12. The van der Waals surface area contributed by atoms with Crippen molar-refractivity contribution < 1.29 is 12.8 Å². The Morgan fingerprint density at radius 3 is 2.76 bits per heavy atom. The number of pyridine rings is 1. The number of rotatable bonds is 4. The summed E-state index contributed by atoms with van der Waals surface area (Å²) in [6.45, 7) is 0.0576. The van der Waals surface area contributed by atoms with Crippen molar-refractivity contribution in [2.24, 2.45) is 0 Å². The summed E-state index contributed by atoms with van der Waals surface area (Å²) >= 11 is 5.75. The third-order valence-corrected chi connectivity index (χ3v) is 4.87. The number of nitrogens with two attached hydrogens (primary N) is 1. The third-order valence-electron chi connectivity index (χ3n) is 2.85. The summed E-state index contributed by atoms with van der Waals surface area (Å²) in [6, 6.07) is 5.62. The van der Waals surface area contributed by atoms with Crippen LogP contribution >= 0.6 is 11.6 Å². The molecule has 2 N–H and O–H groups in total. The Kier molecular flexibility index (Phi) is 4.46. The standard InChI is InChI=1S/C13H13ClFN3O2S/c1-18(8-9-3-2-4-17-7-9)21(19,20)12-6-10(14)5-11(16)13(12)15/h2-7H,8,16H2,1H3. The molecule has 1 aromatic carbocycles. The lowest BCUT2D eigenvalue weighted by molar-refractivity contribution is 0.460. The number of hydrogen-bond donors (Lipinski definition) is 1. The molecule has 2 aromatic rings. The van der Waals surface area contributed by atoms with Crippen LogP contribution in [0.15, 0.2) is 41.6 Å². The first-order valence-corrected chi connectivity index (χ1v) is 7.74. The molecule has 0 atom stereocenters. The second-order valence-electron chi connectivity index (χ2n) is 4.43. The van der Waals surface area contributed by atoms with Crippen LogP contribution in [-0.4, -0.2) is 24.8 Å². The number of aromatic nitrogens is 1. The molecule has 112 valence electrons. The van der Waals surface area contributed by atoms with Gasteiger partial charge in [-0.25, -0.2) is 12.8 Å². The molecule has 0 amide bonds. The predicted octanol–water partition coefficient (Wildman–Crippen LogP) is 2.28. The van der Waals surface area contributed by atoms with Gasteiger partial charge in [0.2, 0.25) is 10.0 Å².